The first-order valence-electron chi connectivity index (χ1n) is 12.1. The molecule has 2 aromatic carbocycles. The molecule has 1 fully saturated rings. The maximum atomic E-state index is 13.1. The average molecular weight is 499 g/mol. The molecule has 1 amide bonds. The van der Waals surface area contributed by atoms with Crippen LogP contribution in [0.4, 0.5) is 0 Å². The van der Waals surface area contributed by atoms with Gasteiger partial charge >= 0.3 is 0 Å². The summed E-state index contributed by atoms with van der Waals surface area (Å²) in [6.45, 7) is 3.21. The van der Waals surface area contributed by atoms with Crippen molar-refractivity contribution in [2.45, 2.75) is 25.7 Å². The largest absolute Gasteiger partial charge is 0.483 e. The van der Waals surface area contributed by atoms with Gasteiger partial charge in [0, 0.05) is 53.7 Å². The fraction of sp³-hybridized carbons (Fsp3) is 0.241. The zero-order valence-corrected chi connectivity index (χ0v) is 20.9. The van der Waals surface area contributed by atoms with Crippen LogP contribution < -0.4 is 4.74 Å². The number of ether oxygens (including phenoxy) is 1. The molecule has 0 N–H and O–H groups in total. The Morgan fingerprint density at radius 2 is 1.89 bits per heavy atom. The Morgan fingerprint density at radius 3 is 2.67 bits per heavy atom. The maximum Gasteiger partial charge on any atom is 0.260 e. The molecule has 4 aromatic rings. The molecule has 3 heterocycles. The van der Waals surface area contributed by atoms with E-state index in [0.29, 0.717) is 29.7 Å². The lowest BCUT2D eigenvalue weighted by atomic mass is 9.89. The molecule has 1 unspecified atom stereocenters. The Bertz CT molecular complexity index is 1350. The van der Waals surface area contributed by atoms with Crippen LogP contribution in [0.5, 0.6) is 5.75 Å². The van der Waals surface area contributed by atoms with Crippen molar-refractivity contribution in [3.63, 3.8) is 0 Å². The van der Waals surface area contributed by atoms with E-state index in [4.69, 9.17) is 21.3 Å². The van der Waals surface area contributed by atoms with E-state index in [9.17, 15) is 4.79 Å². The number of amides is 1. The average Bonchev–Trinajstić information content (AvgIpc) is 2.93. The van der Waals surface area contributed by atoms with Gasteiger partial charge in [0.2, 0.25) is 0 Å². The predicted molar refractivity (Wildman–Crippen MR) is 141 cm³/mol. The third kappa shape index (κ3) is 5.39. The Kier molecular flexibility index (Phi) is 7.23. The number of carbonyl (C=O) groups is 1. The number of aromatic nitrogens is 3. The molecular formula is C29H27ClN4O2. The number of piperidine rings is 1. The van der Waals surface area contributed by atoms with Crippen molar-refractivity contribution >= 4 is 17.5 Å². The van der Waals surface area contributed by atoms with Crippen LogP contribution in [0, 0.1) is 6.92 Å². The van der Waals surface area contributed by atoms with E-state index in [1.54, 1.807) is 24.5 Å². The van der Waals surface area contributed by atoms with Crippen LogP contribution in [-0.2, 0) is 4.79 Å². The number of pyridine rings is 1. The van der Waals surface area contributed by atoms with Crippen LogP contribution in [0.3, 0.4) is 0 Å². The number of rotatable bonds is 6. The van der Waals surface area contributed by atoms with Gasteiger partial charge in [0.15, 0.2) is 12.4 Å². The second-order valence-electron chi connectivity index (χ2n) is 8.97. The molecule has 0 saturated carbocycles. The van der Waals surface area contributed by atoms with Gasteiger partial charge in [0.25, 0.3) is 5.91 Å². The van der Waals surface area contributed by atoms with E-state index in [2.05, 4.69) is 22.1 Å². The topological polar surface area (TPSA) is 68.2 Å². The molecule has 36 heavy (non-hydrogen) atoms. The molecule has 0 bridgehead atoms. The number of carbonyl (C=O) groups excluding carboxylic acids is 1. The van der Waals surface area contributed by atoms with Crippen LogP contribution in [0.1, 0.15) is 30.0 Å². The van der Waals surface area contributed by atoms with E-state index in [0.717, 1.165) is 40.8 Å². The highest BCUT2D eigenvalue weighted by atomic mass is 35.5. The van der Waals surface area contributed by atoms with Crippen molar-refractivity contribution in [1.29, 1.82) is 0 Å². The summed E-state index contributed by atoms with van der Waals surface area (Å²) in [6, 6.07) is 19.4. The summed E-state index contributed by atoms with van der Waals surface area (Å²) in [5.41, 5.74) is 4.86. The lowest BCUT2D eigenvalue weighted by Crippen LogP contribution is -2.41. The van der Waals surface area contributed by atoms with Crippen molar-refractivity contribution in [2.24, 2.45) is 0 Å². The molecule has 0 spiro atoms. The molecule has 1 aliphatic heterocycles. The number of likely N-dealkylation sites (tertiary alicyclic amines) is 1. The molecule has 1 atom stereocenters. The first-order chi connectivity index (χ1) is 17.6. The summed E-state index contributed by atoms with van der Waals surface area (Å²) in [5.74, 6) is 1.40. The molecule has 6 nitrogen and oxygen atoms in total. The van der Waals surface area contributed by atoms with Crippen LogP contribution in [0.15, 0.2) is 79.3 Å². The number of halogens is 1. The van der Waals surface area contributed by atoms with Gasteiger partial charge in [-0.1, -0.05) is 41.9 Å². The highest BCUT2D eigenvalue weighted by Crippen LogP contribution is 2.34. The van der Waals surface area contributed by atoms with E-state index in [-0.39, 0.29) is 18.4 Å². The first-order valence-corrected chi connectivity index (χ1v) is 12.5. The summed E-state index contributed by atoms with van der Waals surface area (Å²) in [6.07, 6.45) is 7.24. The van der Waals surface area contributed by atoms with Gasteiger partial charge in [0.05, 0.1) is 5.69 Å². The van der Waals surface area contributed by atoms with Gasteiger partial charge in [-0.2, -0.15) is 0 Å². The highest BCUT2D eigenvalue weighted by molar-refractivity contribution is 6.30. The normalized spacial score (nSPS) is 15.5. The van der Waals surface area contributed by atoms with Crippen LogP contribution in [-0.4, -0.2) is 45.5 Å². The van der Waals surface area contributed by atoms with Crippen molar-refractivity contribution < 1.29 is 9.53 Å². The summed E-state index contributed by atoms with van der Waals surface area (Å²) in [5, 5.41) is 0.648. The van der Waals surface area contributed by atoms with Crippen LogP contribution in [0.25, 0.3) is 22.5 Å². The number of benzene rings is 2. The molecule has 5 rings (SSSR count). The number of hydrogen-bond acceptors (Lipinski definition) is 5. The maximum absolute atomic E-state index is 13.1. The van der Waals surface area contributed by atoms with Crippen LogP contribution in [0.2, 0.25) is 5.02 Å². The monoisotopic (exact) mass is 498 g/mol. The van der Waals surface area contributed by atoms with Gasteiger partial charge in [-0.05, 0) is 61.2 Å². The van der Waals surface area contributed by atoms with Gasteiger partial charge in [-0.15, -0.1) is 0 Å². The second kappa shape index (κ2) is 10.9. The Hall–Kier alpha value is -3.77. The summed E-state index contributed by atoms with van der Waals surface area (Å²) >= 11 is 6.04. The number of aryl methyl sites for hydroxylation is 1. The standard InChI is InChI=1S/C29H27ClN4O2/c1-20-16-24(30)9-10-26(20)36-19-27(35)34-15-5-8-23(18-34)28-25(21-6-3-2-4-7-21)17-32-29(33-28)22-11-13-31-14-12-22/h2-4,6-7,9-14,16-17,23H,5,8,15,18-19H2,1H3. The van der Waals surface area contributed by atoms with Gasteiger partial charge < -0.3 is 9.64 Å². The third-order valence-corrected chi connectivity index (χ3v) is 6.73. The fourth-order valence-electron chi connectivity index (χ4n) is 4.62. The summed E-state index contributed by atoms with van der Waals surface area (Å²) in [7, 11) is 0. The third-order valence-electron chi connectivity index (χ3n) is 6.49. The fourth-order valence-corrected chi connectivity index (χ4v) is 4.85. The molecule has 1 saturated heterocycles. The smallest absolute Gasteiger partial charge is 0.260 e. The first kappa shape index (κ1) is 23.9. The summed E-state index contributed by atoms with van der Waals surface area (Å²) in [4.78, 5) is 28.8. The van der Waals surface area contributed by atoms with Crippen LogP contribution >= 0.6 is 11.6 Å². The summed E-state index contributed by atoms with van der Waals surface area (Å²) < 4.78 is 5.84. The number of hydrogen-bond donors (Lipinski definition) is 0. The Balaban J connectivity index is 1.39. The zero-order valence-electron chi connectivity index (χ0n) is 20.1. The van der Waals surface area contributed by atoms with E-state index in [1.165, 1.54) is 0 Å². The second-order valence-corrected chi connectivity index (χ2v) is 9.41. The molecule has 182 valence electrons. The minimum Gasteiger partial charge on any atom is -0.483 e. The van der Waals surface area contributed by atoms with E-state index < -0.39 is 0 Å². The quantitative estimate of drug-likeness (QED) is 0.328. The lowest BCUT2D eigenvalue weighted by molar-refractivity contribution is -0.134. The SMILES string of the molecule is Cc1cc(Cl)ccc1OCC(=O)N1CCCC(c2nc(-c3ccncc3)ncc2-c2ccccc2)C1. The highest BCUT2D eigenvalue weighted by Gasteiger charge is 2.28. The molecule has 1 aliphatic rings. The van der Waals surface area contributed by atoms with Gasteiger partial charge in [0.1, 0.15) is 5.75 Å². The zero-order chi connectivity index (χ0) is 24.9. The Morgan fingerprint density at radius 1 is 1.08 bits per heavy atom. The molecular weight excluding hydrogens is 472 g/mol. The minimum atomic E-state index is -0.0290. The van der Waals surface area contributed by atoms with Crippen molar-refractivity contribution in [3.05, 3.63) is 95.5 Å². The molecule has 0 radical (unpaired) electrons. The molecule has 2 aromatic heterocycles. The van der Waals surface area contributed by atoms with Crippen molar-refractivity contribution in [1.82, 2.24) is 19.9 Å². The van der Waals surface area contributed by atoms with Gasteiger partial charge in [-0.3, -0.25) is 9.78 Å². The lowest BCUT2D eigenvalue weighted by Gasteiger charge is -2.33. The number of nitrogens with zero attached hydrogens (tertiary/aromatic N) is 4. The Labute approximate surface area is 216 Å². The van der Waals surface area contributed by atoms with E-state index >= 15 is 0 Å². The molecule has 0 aliphatic carbocycles. The van der Waals surface area contributed by atoms with E-state index in [1.807, 2.05) is 54.4 Å². The predicted octanol–water partition coefficient (Wildman–Crippen LogP) is 5.95. The van der Waals surface area contributed by atoms with Gasteiger partial charge in [-0.25, -0.2) is 9.97 Å². The van der Waals surface area contributed by atoms with Crippen molar-refractivity contribution in [2.75, 3.05) is 19.7 Å². The molecule has 7 heteroatoms. The van der Waals surface area contributed by atoms with Crippen molar-refractivity contribution in [3.8, 4) is 28.3 Å². The minimum absolute atomic E-state index is 0.00717.